The summed E-state index contributed by atoms with van der Waals surface area (Å²) in [5.74, 6) is 0.0206. The number of halogens is 1. The number of aromatic nitrogens is 3. The van der Waals surface area contributed by atoms with E-state index in [0.29, 0.717) is 23.5 Å². The molecular formula is C21H21FN4O. The Labute approximate surface area is 157 Å². The molecule has 1 amide bonds. The van der Waals surface area contributed by atoms with Crippen molar-refractivity contribution >= 4 is 5.91 Å². The normalized spacial score (nSPS) is 10.6. The lowest BCUT2D eigenvalue weighted by atomic mass is 10.1. The summed E-state index contributed by atoms with van der Waals surface area (Å²) in [5.41, 5.74) is 1.72. The van der Waals surface area contributed by atoms with Crippen LogP contribution in [0.5, 0.6) is 0 Å². The molecule has 0 unspecified atom stereocenters. The van der Waals surface area contributed by atoms with Crippen LogP contribution in [0.3, 0.4) is 0 Å². The van der Waals surface area contributed by atoms with Gasteiger partial charge in [-0.25, -0.2) is 14.4 Å². The fraction of sp³-hybridized carbons (Fsp3) is 0.238. The summed E-state index contributed by atoms with van der Waals surface area (Å²) in [6, 6.07) is 10.1. The predicted molar refractivity (Wildman–Crippen MR) is 101 cm³/mol. The molecule has 1 aromatic carbocycles. The quantitative estimate of drug-likeness (QED) is 0.633. The molecule has 3 aromatic rings. The van der Waals surface area contributed by atoms with Crippen molar-refractivity contribution in [2.75, 3.05) is 6.54 Å². The molecule has 0 atom stereocenters. The van der Waals surface area contributed by atoms with Crippen molar-refractivity contribution in [3.8, 4) is 11.4 Å². The Kier molecular flexibility index (Phi) is 6.20. The molecule has 0 radical (unpaired) electrons. The standard InChI is InChI=1S/C21H21FN4O/c1-2-3-12-26(15-17-6-4-5-7-19(17)22)21(27)18-13-24-20(25-14-18)16-8-10-23-11-9-16/h4-11,13-14H,2-3,12,15H2,1H3. The van der Waals surface area contributed by atoms with Crippen LogP contribution >= 0.6 is 0 Å². The van der Waals surface area contributed by atoms with Crippen LogP contribution in [0.4, 0.5) is 4.39 Å². The Bertz CT molecular complexity index is 884. The van der Waals surface area contributed by atoms with Crippen LogP contribution in [0.2, 0.25) is 0 Å². The van der Waals surface area contributed by atoms with Crippen LogP contribution in [0.1, 0.15) is 35.7 Å². The van der Waals surface area contributed by atoms with Gasteiger partial charge in [-0.05, 0) is 24.6 Å². The van der Waals surface area contributed by atoms with E-state index in [9.17, 15) is 9.18 Å². The van der Waals surface area contributed by atoms with Gasteiger partial charge in [-0.2, -0.15) is 0 Å². The SMILES string of the molecule is CCCCN(Cc1ccccc1F)C(=O)c1cnc(-c2ccncc2)nc1. The van der Waals surface area contributed by atoms with E-state index in [4.69, 9.17) is 0 Å². The second-order valence-corrected chi connectivity index (χ2v) is 6.20. The molecule has 0 spiro atoms. The lowest BCUT2D eigenvalue weighted by Crippen LogP contribution is -2.32. The molecule has 2 heterocycles. The summed E-state index contributed by atoms with van der Waals surface area (Å²) >= 11 is 0. The van der Waals surface area contributed by atoms with Crippen LogP contribution in [0, 0.1) is 5.82 Å². The highest BCUT2D eigenvalue weighted by Crippen LogP contribution is 2.16. The first-order valence-electron chi connectivity index (χ1n) is 8.94. The maximum atomic E-state index is 14.0. The summed E-state index contributed by atoms with van der Waals surface area (Å²) in [4.78, 5) is 27.1. The van der Waals surface area contributed by atoms with Gasteiger partial charge in [0.2, 0.25) is 0 Å². The number of hydrogen-bond acceptors (Lipinski definition) is 4. The molecule has 2 aromatic heterocycles. The van der Waals surface area contributed by atoms with Gasteiger partial charge in [0.05, 0.1) is 5.56 Å². The molecule has 6 heteroatoms. The van der Waals surface area contributed by atoms with E-state index in [0.717, 1.165) is 18.4 Å². The number of nitrogens with zero attached hydrogens (tertiary/aromatic N) is 4. The van der Waals surface area contributed by atoms with Gasteiger partial charge >= 0.3 is 0 Å². The lowest BCUT2D eigenvalue weighted by Gasteiger charge is -2.23. The van der Waals surface area contributed by atoms with Crippen molar-refractivity contribution < 1.29 is 9.18 Å². The second kappa shape index (κ2) is 8.98. The summed E-state index contributed by atoms with van der Waals surface area (Å²) in [6.07, 6.45) is 8.16. The highest BCUT2D eigenvalue weighted by atomic mass is 19.1. The van der Waals surface area contributed by atoms with Gasteiger partial charge in [0.15, 0.2) is 5.82 Å². The first-order chi connectivity index (χ1) is 13.2. The van der Waals surface area contributed by atoms with Crippen molar-refractivity contribution in [2.24, 2.45) is 0 Å². The lowest BCUT2D eigenvalue weighted by molar-refractivity contribution is 0.0738. The van der Waals surface area contributed by atoms with E-state index in [1.807, 2.05) is 12.1 Å². The Hall–Kier alpha value is -3.15. The second-order valence-electron chi connectivity index (χ2n) is 6.20. The Morgan fingerprint density at radius 1 is 1.07 bits per heavy atom. The smallest absolute Gasteiger partial charge is 0.257 e. The molecular weight excluding hydrogens is 343 g/mol. The zero-order chi connectivity index (χ0) is 19.1. The molecule has 0 N–H and O–H groups in total. The summed E-state index contributed by atoms with van der Waals surface area (Å²) in [6.45, 7) is 2.83. The van der Waals surface area contributed by atoms with Gasteiger partial charge in [0.25, 0.3) is 5.91 Å². The van der Waals surface area contributed by atoms with E-state index in [1.54, 1.807) is 35.5 Å². The molecule has 0 aliphatic rings. The number of hydrogen-bond donors (Lipinski definition) is 0. The number of benzene rings is 1. The molecule has 0 fully saturated rings. The van der Waals surface area contributed by atoms with Crippen molar-refractivity contribution in [2.45, 2.75) is 26.3 Å². The number of amides is 1. The number of unbranched alkanes of at least 4 members (excludes halogenated alkanes) is 1. The van der Waals surface area contributed by atoms with Crippen LogP contribution in [0.15, 0.2) is 61.2 Å². The van der Waals surface area contributed by atoms with Gasteiger partial charge in [0.1, 0.15) is 5.82 Å². The van der Waals surface area contributed by atoms with E-state index in [-0.39, 0.29) is 18.3 Å². The molecule has 138 valence electrons. The largest absolute Gasteiger partial charge is 0.334 e. The number of carbonyl (C=O) groups excluding carboxylic acids is 1. The van der Waals surface area contributed by atoms with Crippen LogP contribution < -0.4 is 0 Å². The number of rotatable bonds is 7. The highest BCUT2D eigenvalue weighted by Gasteiger charge is 2.18. The minimum absolute atomic E-state index is 0.201. The van der Waals surface area contributed by atoms with E-state index in [2.05, 4.69) is 21.9 Å². The maximum Gasteiger partial charge on any atom is 0.257 e. The Morgan fingerprint density at radius 2 is 1.78 bits per heavy atom. The minimum Gasteiger partial charge on any atom is -0.334 e. The van der Waals surface area contributed by atoms with Crippen LogP contribution in [-0.4, -0.2) is 32.3 Å². The van der Waals surface area contributed by atoms with Crippen molar-refractivity contribution in [3.63, 3.8) is 0 Å². The highest BCUT2D eigenvalue weighted by molar-refractivity contribution is 5.93. The van der Waals surface area contributed by atoms with Gasteiger partial charge in [-0.15, -0.1) is 0 Å². The molecule has 3 rings (SSSR count). The van der Waals surface area contributed by atoms with Crippen molar-refractivity contribution in [1.82, 2.24) is 19.9 Å². The molecule has 0 saturated carbocycles. The average molecular weight is 364 g/mol. The third kappa shape index (κ3) is 4.73. The van der Waals surface area contributed by atoms with Crippen LogP contribution in [0.25, 0.3) is 11.4 Å². The molecule has 5 nitrogen and oxygen atoms in total. The fourth-order valence-corrected chi connectivity index (χ4v) is 2.70. The first-order valence-corrected chi connectivity index (χ1v) is 8.94. The fourth-order valence-electron chi connectivity index (χ4n) is 2.70. The summed E-state index contributed by atoms with van der Waals surface area (Å²) < 4.78 is 14.0. The predicted octanol–water partition coefficient (Wildman–Crippen LogP) is 4.12. The average Bonchev–Trinajstić information content (AvgIpc) is 2.72. The summed E-state index contributed by atoms with van der Waals surface area (Å²) in [5, 5.41) is 0. The van der Waals surface area contributed by atoms with E-state index in [1.165, 1.54) is 18.5 Å². The van der Waals surface area contributed by atoms with Gasteiger partial charge in [0, 0.05) is 49.0 Å². The molecule has 0 aliphatic carbocycles. The zero-order valence-corrected chi connectivity index (χ0v) is 15.2. The summed E-state index contributed by atoms with van der Waals surface area (Å²) in [7, 11) is 0. The van der Waals surface area contributed by atoms with Gasteiger partial charge < -0.3 is 4.90 Å². The molecule has 0 saturated heterocycles. The van der Waals surface area contributed by atoms with Crippen LogP contribution in [-0.2, 0) is 6.54 Å². The Balaban J connectivity index is 1.80. The topological polar surface area (TPSA) is 59.0 Å². The van der Waals surface area contributed by atoms with E-state index >= 15 is 0 Å². The molecule has 0 bridgehead atoms. The maximum absolute atomic E-state index is 14.0. The number of pyridine rings is 1. The third-order valence-electron chi connectivity index (χ3n) is 4.23. The molecule has 27 heavy (non-hydrogen) atoms. The molecule has 0 aliphatic heterocycles. The zero-order valence-electron chi connectivity index (χ0n) is 15.2. The van der Waals surface area contributed by atoms with Gasteiger partial charge in [-0.3, -0.25) is 9.78 Å². The first kappa shape index (κ1) is 18.6. The van der Waals surface area contributed by atoms with Gasteiger partial charge in [-0.1, -0.05) is 31.5 Å². The van der Waals surface area contributed by atoms with Crippen molar-refractivity contribution in [1.29, 1.82) is 0 Å². The van der Waals surface area contributed by atoms with Crippen molar-refractivity contribution in [3.05, 3.63) is 78.1 Å². The van der Waals surface area contributed by atoms with E-state index < -0.39 is 0 Å². The Morgan fingerprint density at radius 3 is 2.44 bits per heavy atom. The minimum atomic E-state index is -0.309. The number of carbonyl (C=O) groups is 1. The monoisotopic (exact) mass is 364 g/mol. The third-order valence-corrected chi connectivity index (χ3v) is 4.23.